The molecule has 2 aliphatic heterocycles. The van der Waals surface area contributed by atoms with Crippen LogP contribution < -0.4 is 15.4 Å². The van der Waals surface area contributed by atoms with E-state index in [9.17, 15) is 27.6 Å². The number of carbonyl (C=O) groups is 3. The molecule has 1 fully saturated rings. The Hall–Kier alpha value is -3.87. The summed E-state index contributed by atoms with van der Waals surface area (Å²) in [7, 11) is 1.71. The van der Waals surface area contributed by atoms with Crippen molar-refractivity contribution in [2.45, 2.75) is 51.0 Å². The highest BCUT2D eigenvalue weighted by Crippen LogP contribution is 2.43. The van der Waals surface area contributed by atoms with Gasteiger partial charge < -0.3 is 25.7 Å². The first-order chi connectivity index (χ1) is 18.9. The number of imide groups is 1. The number of hydrogen-bond donors (Lipinski definition) is 3. The van der Waals surface area contributed by atoms with Crippen LogP contribution in [-0.2, 0) is 28.1 Å². The number of allylic oxidation sites excluding steroid dienone is 1. The third-order valence-corrected chi connectivity index (χ3v) is 8.94. The number of alkyl halides is 3. The van der Waals surface area contributed by atoms with Crippen LogP contribution in [0.25, 0.3) is 5.57 Å². The fourth-order valence-electron chi connectivity index (χ4n) is 5.58. The van der Waals surface area contributed by atoms with Gasteiger partial charge in [-0.05, 0) is 43.4 Å². The van der Waals surface area contributed by atoms with Crippen molar-refractivity contribution in [1.82, 2.24) is 20.4 Å². The minimum absolute atomic E-state index is 0.247. The molecule has 1 saturated heterocycles. The van der Waals surface area contributed by atoms with Crippen molar-refractivity contribution in [3.05, 3.63) is 56.4 Å². The summed E-state index contributed by atoms with van der Waals surface area (Å²) in [5.41, 5.74) is 2.08. The lowest BCUT2D eigenvalue weighted by Crippen LogP contribution is -2.53. The average molecular weight is 576 g/mol. The molecule has 5 rings (SSSR count). The van der Waals surface area contributed by atoms with Crippen LogP contribution in [0.3, 0.4) is 0 Å². The molecule has 9 nitrogen and oxygen atoms in total. The first-order valence-electron chi connectivity index (χ1n) is 12.6. The summed E-state index contributed by atoms with van der Waals surface area (Å²) in [5, 5.41) is 13.2. The Balaban J connectivity index is 1.41. The Kier molecular flexibility index (Phi) is 6.89. The Labute approximate surface area is 232 Å². The number of halogens is 3. The van der Waals surface area contributed by atoms with Crippen molar-refractivity contribution in [2.24, 2.45) is 0 Å². The highest BCUT2D eigenvalue weighted by molar-refractivity contribution is 7.12. The van der Waals surface area contributed by atoms with Gasteiger partial charge in [0, 0.05) is 35.5 Å². The molecule has 4 amide bonds. The predicted octanol–water partition coefficient (Wildman–Crippen LogP) is 3.62. The van der Waals surface area contributed by atoms with E-state index >= 15 is 0 Å². The van der Waals surface area contributed by atoms with Crippen LogP contribution in [0.1, 0.15) is 38.4 Å². The monoisotopic (exact) mass is 575 g/mol. The lowest BCUT2D eigenvalue weighted by molar-refractivity contribution is -0.195. The van der Waals surface area contributed by atoms with E-state index in [0.717, 1.165) is 21.6 Å². The molecule has 0 saturated carbocycles. The third kappa shape index (κ3) is 4.41. The molecule has 3 heterocycles. The lowest BCUT2D eigenvalue weighted by Gasteiger charge is -2.31. The average Bonchev–Trinajstić information content (AvgIpc) is 3.41. The second-order valence-corrected chi connectivity index (χ2v) is 11.4. The maximum absolute atomic E-state index is 14.0. The number of nitrogens with zero attached hydrogens (tertiary/aromatic N) is 2. The summed E-state index contributed by atoms with van der Waals surface area (Å²) in [6.45, 7) is 1.63. The van der Waals surface area contributed by atoms with Crippen molar-refractivity contribution >= 4 is 41.0 Å². The third-order valence-electron chi connectivity index (χ3n) is 7.76. The van der Waals surface area contributed by atoms with E-state index in [4.69, 9.17) is 10.1 Å². The minimum Gasteiger partial charge on any atom is -0.490 e. The van der Waals surface area contributed by atoms with Gasteiger partial charge in [0.05, 0.1) is 11.4 Å². The zero-order valence-corrected chi connectivity index (χ0v) is 22.9. The summed E-state index contributed by atoms with van der Waals surface area (Å²) >= 11 is 1.26. The molecule has 1 aromatic carbocycles. The van der Waals surface area contributed by atoms with Crippen LogP contribution >= 0.6 is 11.3 Å². The molecule has 40 heavy (non-hydrogen) atoms. The molecule has 13 heteroatoms. The number of hydrogen-bond acceptors (Lipinski definition) is 7. The van der Waals surface area contributed by atoms with Gasteiger partial charge >= 0.3 is 12.2 Å². The van der Waals surface area contributed by atoms with Crippen LogP contribution in [0.5, 0.6) is 5.75 Å². The number of thiophene rings is 1. The van der Waals surface area contributed by atoms with Gasteiger partial charge in [-0.3, -0.25) is 14.5 Å². The fraction of sp³-hybridized carbons (Fsp3) is 0.407. The lowest BCUT2D eigenvalue weighted by atomic mass is 9.90. The van der Waals surface area contributed by atoms with Crippen molar-refractivity contribution in [3.8, 4) is 5.75 Å². The molecule has 3 N–H and O–H groups in total. The van der Waals surface area contributed by atoms with Gasteiger partial charge in [-0.25, -0.2) is 4.79 Å². The van der Waals surface area contributed by atoms with Gasteiger partial charge in [-0.2, -0.15) is 13.2 Å². The fourth-order valence-corrected chi connectivity index (χ4v) is 6.71. The number of urea groups is 1. The van der Waals surface area contributed by atoms with Gasteiger partial charge in [0.1, 0.15) is 24.4 Å². The molecule has 1 spiro atoms. The number of ether oxygens (including phenoxy) is 1. The van der Waals surface area contributed by atoms with E-state index in [-0.39, 0.29) is 13.0 Å². The molecular weight excluding hydrogens is 547 g/mol. The molecule has 2 aromatic rings. The van der Waals surface area contributed by atoms with Gasteiger partial charge in [0.15, 0.2) is 6.04 Å². The number of rotatable bonds is 5. The molecule has 3 aliphatic rings. The number of fused-ring (bicyclic) bond motifs is 3. The van der Waals surface area contributed by atoms with E-state index in [1.165, 1.54) is 17.6 Å². The zero-order valence-electron chi connectivity index (χ0n) is 22.1. The first-order valence-corrected chi connectivity index (χ1v) is 13.5. The number of nitrogens with one attached hydrogen (secondary N) is 3. The van der Waals surface area contributed by atoms with Gasteiger partial charge in [0.2, 0.25) is 5.91 Å². The Morgan fingerprint density at radius 3 is 2.75 bits per heavy atom. The smallest absolute Gasteiger partial charge is 0.412 e. The van der Waals surface area contributed by atoms with Gasteiger partial charge in [-0.15, -0.1) is 11.3 Å². The standard InChI is InChI=1S/C27H28F3N5O4S/c1-14-15(2)40-20-11-34(21(27(28,29)30)13-39-23(14)20)22(36)12-35-24(37)26(33-25(35)38)7-6-17-8-16(4-5-19(17)26)18(9-31)10-32-3/h4-5,8-10,21,31-32H,6-7,11-13H2,1-3H3,(H,33,38)/b18-10+,31-9?/t21-,26?/m0/s1. The zero-order chi connectivity index (χ0) is 29.0. The van der Waals surface area contributed by atoms with Crippen molar-refractivity contribution < 1.29 is 32.3 Å². The van der Waals surface area contributed by atoms with E-state index < -0.39 is 48.8 Å². The summed E-state index contributed by atoms with van der Waals surface area (Å²) in [5.74, 6) is -1.32. The van der Waals surface area contributed by atoms with Crippen LogP contribution in [0.2, 0.25) is 0 Å². The number of aryl methyl sites for hydroxylation is 2. The minimum atomic E-state index is -4.77. The molecule has 0 radical (unpaired) electrons. The number of carbonyl (C=O) groups excluding carboxylic acids is 3. The first kappa shape index (κ1) is 27.7. The summed E-state index contributed by atoms with van der Waals surface area (Å²) in [6, 6.07) is 2.24. The molecule has 0 bridgehead atoms. The second-order valence-electron chi connectivity index (χ2n) is 10.1. The Bertz CT molecular complexity index is 1450. The second kappa shape index (κ2) is 9.95. The van der Waals surface area contributed by atoms with Crippen LogP contribution in [-0.4, -0.2) is 66.3 Å². The molecule has 212 valence electrons. The normalized spacial score (nSPS) is 22.6. The van der Waals surface area contributed by atoms with Crippen molar-refractivity contribution in [2.75, 3.05) is 20.2 Å². The topological polar surface area (TPSA) is 115 Å². The molecule has 1 aliphatic carbocycles. The number of amides is 4. The summed E-state index contributed by atoms with van der Waals surface area (Å²) in [6.07, 6.45) is -1.20. The molecule has 1 aromatic heterocycles. The molecular formula is C27H28F3N5O4S. The van der Waals surface area contributed by atoms with E-state index in [0.29, 0.717) is 38.0 Å². The van der Waals surface area contributed by atoms with E-state index in [1.54, 1.807) is 32.3 Å². The maximum atomic E-state index is 14.0. The summed E-state index contributed by atoms with van der Waals surface area (Å²) in [4.78, 5) is 42.8. The summed E-state index contributed by atoms with van der Waals surface area (Å²) < 4.78 is 47.6. The van der Waals surface area contributed by atoms with E-state index in [2.05, 4.69) is 10.6 Å². The van der Waals surface area contributed by atoms with Gasteiger partial charge in [-0.1, -0.05) is 18.2 Å². The van der Waals surface area contributed by atoms with Crippen LogP contribution in [0.15, 0.2) is 24.4 Å². The quantitative estimate of drug-likeness (QED) is 0.372. The van der Waals surface area contributed by atoms with Gasteiger partial charge in [0.25, 0.3) is 5.91 Å². The Morgan fingerprint density at radius 2 is 2.08 bits per heavy atom. The predicted molar refractivity (Wildman–Crippen MR) is 142 cm³/mol. The van der Waals surface area contributed by atoms with Crippen LogP contribution in [0, 0.1) is 19.3 Å². The highest BCUT2D eigenvalue weighted by atomic mass is 32.1. The molecule has 2 atom stereocenters. The van der Waals surface area contributed by atoms with Crippen LogP contribution in [0.4, 0.5) is 18.0 Å². The Morgan fingerprint density at radius 1 is 1.32 bits per heavy atom. The maximum Gasteiger partial charge on any atom is 0.412 e. The van der Waals surface area contributed by atoms with E-state index in [1.807, 2.05) is 13.0 Å². The van der Waals surface area contributed by atoms with Crippen molar-refractivity contribution in [1.29, 1.82) is 5.41 Å². The SMILES string of the molecule is CN/C=C(\C=N)c1ccc2c(c1)CCC21NC(=O)N(CC(=O)N2Cc3sc(C)c(C)c3OC[C@H]2C(F)(F)F)C1=O. The molecule has 1 unspecified atom stereocenters. The van der Waals surface area contributed by atoms with Crippen molar-refractivity contribution in [3.63, 3.8) is 0 Å². The highest BCUT2D eigenvalue weighted by Gasteiger charge is 2.56. The largest absolute Gasteiger partial charge is 0.490 e. The number of benzene rings is 1.